The molecule has 2 aromatic rings. The predicted molar refractivity (Wildman–Crippen MR) is 74.9 cm³/mol. The quantitative estimate of drug-likeness (QED) is 0.900. The first kappa shape index (κ1) is 14.5. The second-order valence-corrected chi connectivity index (χ2v) is 4.40. The lowest BCUT2D eigenvalue weighted by molar-refractivity contribution is 0.403. The zero-order valence-corrected chi connectivity index (χ0v) is 11.5. The Morgan fingerprint density at radius 1 is 1.10 bits per heavy atom. The summed E-state index contributed by atoms with van der Waals surface area (Å²) >= 11 is 0. The number of nitrogens with one attached hydrogen (secondary N) is 1. The normalized spacial score (nSPS) is 12.2. The molecule has 1 N–H and O–H groups in total. The van der Waals surface area contributed by atoms with Crippen LogP contribution in [0, 0.1) is 11.6 Å². The molecule has 0 aliphatic carbocycles. The first-order valence-corrected chi connectivity index (χ1v) is 6.48. The lowest BCUT2D eigenvalue weighted by atomic mass is 9.97. The first-order chi connectivity index (χ1) is 9.67. The summed E-state index contributed by atoms with van der Waals surface area (Å²) in [6.07, 6.45) is 0. The zero-order valence-electron chi connectivity index (χ0n) is 11.5. The van der Waals surface area contributed by atoms with E-state index in [1.54, 1.807) is 13.2 Å². The predicted octanol–water partition coefficient (Wildman–Crippen LogP) is 3.67. The van der Waals surface area contributed by atoms with Gasteiger partial charge in [-0.2, -0.15) is 0 Å². The number of halogens is 2. The van der Waals surface area contributed by atoms with E-state index in [2.05, 4.69) is 5.32 Å². The Balaban J connectivity index is 2.53. The Labute approximate surface area is 117 Å². The molecule has 1 unspecified atom stereocenters. The van der Waals surface area contributed by atoms with Gasteiger partial charge in [-0.3, -0.25) is 0 Å². The number of rotatable bonds is 5. The van der Waals surface area contributed by atoms with E-state index >= 15 is 0 Å². The molecule has 1 atom stereocenters. The molecule has 0 fully saturated rings. The van der Waals surface area contributed by atoms with Crippen LogP contribution in [-0.2, 0) is 0 Å². The van der Waals surface area contributed by atoms with Crippen LogP contribution in [0.25, 0.3) is 0 Å². The lowest BCUT2D eigenvalue weighted by Crippen LogP contribution is -2.23. The Hall–Kier alpha value is -1.94. The van der Waals surface area contributed by atoms with Crippen LogP contribution >= 0.6 is 0 Å². The van der Waals surface area contributed by atoms with Crippen LogP contribution in [0.2, 0.25) is 0 Å². The van der Waals surface area contributed by atoms with Crippen LogP contribution < -0.4 is 10.1 Å². The van der Waals surface area contributed by atoms with Gasteiger partial charge in [0.25, 0.3) is 0 Å². The fourth-order valence-corrected chi connectivity index (χ4v) is 2.23. The molecule has 0 heterocycles. The summed E-state index contributed by atoms with van der Waals surface area (Å²) in [6.45, 7) is 2.54. The first-order valence-electron chi connectivity index (χ1n) is 6.48. The van der Waals surface area contributed by atoms with Crippen LogP contribution in [0.15, 0.2) is 42.5 Å². The number of ether oxygens (including phenoxy) is 1. The molecule has 2 rings (SSSR count). The summed E-state index contributed by atoms with van der Waals surface area (Å²) in [5.74, 6) is -0.260. The maximum Gasteiger partial charge on any atom is 0.128 e. The molecular weight excluding hydrogens is 260 g/mol. The summed E-state index contributed by atoms with van der Waals surface area (Å²) in [6, 6.07) is 10.4. The van der Waals surface area contributed by atoms with Crippen molar-refractivity contribution in [3.8, 4) is 5.75 Å². The van der Waals surface area contributed by atoms with Crippen molar-refractivity contribution in [2.75, 3.05) is 13.7 Å². The van der Waals surface area contributed by atoms with Crippen molar-refractivity contribution < 1.29 is 13.5 Å². The van der Waals surface area contributed by atoms with Gasteiger partial charge >= 0.3 is 0 Å². The highest BCUT2D eigenvalue weighted by Gasteiger charge is 2.20. The van der Waals surface area contributed by atoms with Gasteiger partial charge in [0, 0.05) is 11.1 Å². The minimum Gasteiger partial charge on any atom is -0.496 e. The fraction of sp³-hybridized carbons (Fsp3) is 0.250. The topological polar surface area (TPSA) is 21.3 Å². The van der Waals surface area contributed by atoms with E-state index in [0.717, 1.165) is 17.7 Å². The molecule has 0 aliphatic rings. The highest BCUT2D eigenvalue weighted by molar-refractivity contribution is 5.42. The van der Waals surface area contributed by atoms with Crippen LogP contribution in [-0.4, -0.2) is 13.7 Å². The monoisotopic (exact) mass is 277 g/mol. The summed E-state index contributed by atoms with van der Waals surface area (Å²) < 4.78 is 32.7. The van der Waals surface area contributed by atoms with Crippen molar-refractivity contribution in [3.05, 3.63) is 65.2 Å². The average molecular weight is 277 g/mol. The van der Waals surface area contributed by atoms with Crippen molar-refractivity contribution in [2.45, 2.75) is 13.0 Å². The Kier molecular flexibility index (Phi) is 4.69. The maximum atomic E-state index is 14.0. The van der Waals surface area contributed by atoms with Crippen LogP contribution in [0.1, 0.15) is 24.1 Å². The Morgan fingerprint density at radius 3 is 2.55 bits per heavy atom. The van der Waals surface area contributed by atoms with Gasteiger partial charge in [0.05, 0.1) is 13.2 Å². The molecule has 20 heavy (non-hydrogen) atoms. The molecule has 0 spiro atoms. The van der Waals surface area contributed by atoms with E-state index in [0.29, 0.717) is 12.3 Å². The van der Waals surface area contributed by atoms with Gasteiger partial charge in [0.1, 0.15) is 17.4 Å². The number of hydrogen-bond acceptors (Lipinski definition) is 2. The molecule has 4 heteroatoms. The standard InChI is InChI=1S/C16H17F2NO/c1-3-19-16(12-6-4-5-7-15(12)20-2)13-10-11(17)8-9-14(13)18/h4-10,16,19H,3H2,1-2H3. The van der Waals surface area contributed by atoms with Crippen LogP contribution in [0.4, 0.5) is 8.78 Å². The molecule has 0 radical (unpaired) electrons. The molecule has 0 bridgehead atoms. The van der Waals surface area contributed by atoms with Gasteiger partial charge in [-0.05, 0) is 30.8 Å². The molecule has 0 amide bonds. The largest absolute Gasteiger partial charge is 0.496 e. The van der Waals surface area contributed by atoms with E-state index in [9.17, 15) is 8.78 Å². The van der Waals surface area contributed by atoms with Crippen LogP contribution in [0.3, 0.4) is 0 Å². The highest BCUT2D eigenvalue weighted by atomic mass is 19.1. The zero-order chi connectivity index (χ0) is 14.5. The second-order valence-electron chi connectivity index (χ2n) is 4.40. The third kappa shape index (κ3) is 2.96. The minimum absolute atomic E-state index is 0.274. The smallest absolute Gasteiger partial charge is 0.128 e. The molecule has 0 saturated heterocycles. The van der Waals surface area contributed by atoms with Crippen molar-refractivity contribution in [1.29, 1.82) is 0 Å². The third-order valence-corrected chi connectivity index (χ3v) is 3.13. The summed E-state index contributed by atoms with van der Waals surface area (Å²) in [5.41, 5.74) is 1.05. The van der Waals surface area contributed by atoms with E-state index in [4.69, 9.17) is 4.74 Å². The third-order valence-electron chi connectivity index (χ3n) is 3.13. The van der Waals surface area contributed by atoms with Gasteiger partial charge in [0.2, 0.25) is 0 Å². The van der Waals surface area contributed by atoms with Gasteiger partial charge in [0.15, 0.2) is 0 Å². The number of benzene rings is 2. The van der Waals surface area contributed by atoms with Crippen molar-refractivity contribution in [2.24, 2.45) is 0 Å². The van der Waals surface area contributed by atoms with Crippen molar-refractivity contribution in [3.63, 3.8) is 0 Å². The fourth-order valence-electron chi connectivity index (χ4n) is 2.23. The second kappa shape index (κ2) is 6.48. The molecule has 0 saturated carbocycles. The number of methoxy groups -OCH3 is 1. The van der Waals surface area contributed by atoms with Crippen LogP contribution in [0.5, 0.6) is 5.75 Å². The summed E-state index contributed by atoms with van der Waals surface area (Å²) in [7, 11) is 1.56. The molecule has 0 aromatic heterocycles. The SMILES string of the molecule is CCNC(c1cc(F)ccc1F)c1ccccc1OC. The van der Waals surface area contributed by atoms with Gasteiger partial charge in [-0.15, -0.1) is 0 Å². The van der Waals surface area contributed by atoms with Crippen molar-refractivity contribution in [1.82, 2.24) is 5.32 Å². The number of hydrogen-bond donors (Lipinski definition) is 1. The molecule has 2 aromatic carbocycles. The highest BCUT2D eigenvalue weighted by Crippen LogP contribution is 2.31. The van der Waals surface area contributed by atoms with E-state index < -0.39 is 17.7 Å². The average Bonchev–Trinajstić information content (AvgIpc) is 2.47. The summed E-state index contributed by atoms with van der Waals surface area (Å²) in [4.78, 5) is 0. The lowest BCUT2D eigenvalue weighted by Gasteiger charge is -2.21. The Bertz CT molecular complexity index is 586. The van der Waals surface area contributed by atoms with Gasteiger partial charge in [-0.25, -0.2) is 8.78 Å². The van der Waals surface area contributed by atoms with Crippen molar-refractivity contribution >= 4 is 0 Å². The van der Waals surface area contributed by atoms with Gasteiger partial charge in [-0.1, -0.05) is 25.1 Å². The molecular formula is C16H17F2NO. The molecule has 106 valence electrons. The molecule has 0 aliphatic heterocycles. The van der Waals surface area contributed by atoms with Gasteiger partial charge < -0.3 is 10.1 Å². The Morgan fingerprint density at radius 2 is 1.85 bits per heavy atom. The van der Waals surface area contributed by atoms with E-state index in [1.165, 1.54) is 6.07 Å². The minimum atomic E-state index is -0.459. The number of para-hydroxylation sites is 1. The maximum absolute atomic E-state index is 14.0. The van der Waals surface area contributed by atoms with E-state index in [1.807, 2.05) is 25.1 Å². The molecule has 2 nitrogen and oxygen atoms in total. The van der Waals surface area contributed by atoms with E-state index in [-0.39, 0.29) is 5.56 Å². The summed E-state index contributed by atoms with van der Waals surface area (Å²) in [5, 5.41) is 3.17.